The lowest BCUT2D eigenvalue weighted by Crippen LogP contribution is -2.47. The quantitative estimate of drug-likeness (QED) is 0.555. The van der Waals surface area contributed by atoms with Crippen LogP contribution >= 0.6 is 34.8 Å². The van der Waals surface area contributed by atoms with E-state index in [9.17, 15) is 8.42 Å². The van der Waals surface area contributed by atoms with Crippen molar-refractivity contribution in [2.45, 2.75) is 4.90 Å². The smallest absolute Gasteiger partial charge is 0.263 e. The highest BCUT2D eigenvalue weighted by Gasteiger charge is 2.22. The second-order valence-electron chi connectivity index (χ2n) is 6.87. The zero-order valence-electron chi connectivity index (χ0n) is 16.2. The molecule has 162 valence electrons. The molecule has 11 heteroatoms. The molecule has 1 saturated heterocycles. The van der Waals surface area contributed by atoms with Gasteiger partial charge >= 0.3 is 0 Å². The van der Waals surface area contributed by atoms with E-state index in [1.807, 2.05) is 18.2 Å². The summed E-state index contributed by atoms with van der Waals surface area (Å²) in [5, 5.41) is 0.733. The first kappa shape index (κ1) is 22.0. The third kappa shape index (κ3) is 4.98. The number of hydrogen-bond donors (Lipinski definition) is 1. The fourth-order valence-electron chi connectivity index (χ4n) is 3.31. The van der Waals surface area contributed by atoms with Gasteiger partial charge in [0, 0.05) is 37.4 Å². The molecule has 0 saturated carbocycles. The monoisotopic (exact) mass is 497 g/mol. The van der Waals surface area contributed by atoms with E-state index in [1.54, 1.807) is 6.20 Å². The average molecular weight is 499 g/mol. The van der Waals surface area contributed by atoms with Crippen LogP contribution in [0.4, 0.5) is 17.3 Å². The SMILES string of the molecule is O=S(=O)(Nc1cnc(N2CCN(c3ccccn3)CC2)c(Cl)c1)c1ccc(Cl)cc1Cl. The highest BCUT2D eigenvalue weighted by atomic mass is 35.5. The average Bonchev–Trinajstić information content (AvgIpc) is 2.74. The number of anilines is 3. The largest absolute Gasteiger partial charge is 0.353 e. The molecular weight excluding hydrogens is 481 g/mol. The van der Waals surface area contributed by atoms with Gasteiger partial charge < -0.3 is 9.80 Å². The normalized spacial score (nSPS) is 14.5. The third-order valence-corrected chi connectivity index (χ3v) is 7.19. The second kappa shape index (κ2) is 9.08. The number of piperazine rings is 1. The van der Waals surface area contributed by atoms with Gasteiger partial charge in [0.2, 0.25) is 0 Å². The number of nitrogens with zero attached hydrogens (tertiary/aromatic N) is 4. The number of hydrogen-bond acceptors (Lipinski definition) is 6. The Hall–Kier alpha value is -2.26. The van der Waals surface area contributed by atoms with E-state index < -0.39 is 10.0 Å². The Morgan fingerprint density at radius 1 is 0.871 bits per heavy atom. The van der Waals surface area contributed by atoms with E-state index in [4.69, 9.17) is 34.8 Å². The van der Waals surface area contributed by atoms with Crippen LogP contribution in [0.1, 0.15) is 0 Å². The molecule has 1 N–H and O–H groups in total. The number of pyridine rings is 2. The van der Waals surface area contributed by atoms with Crippen molar-refractivity contribution in [3.8, 4) is 0 Å². The summed E-state index contributed by atoms with van der Waals surface area (Å²) in [6, 6.07) is 11.5. The Balaban J connectivity index is 1.46. The summed E-state index contributed by atoms with van der Waals surface area (Å²) < 4.78 is 27.8. The van der Waals surface area contributed by atoms with Crippen LogP contribution < -0.4 is 14.5 Å². The maximum atomic E-state index is 12.7. The Morgan fingerprint density at radius 3 is 2.26 bits per heavy atom. The van der Waals surface area contributed by atoms with Crippen molar-refractivity contribution in [3.63, 3.8) is 0 Å². The van der Waals surface area contributed by atoms with E-state index in [-0.39, 0.29) is 15.6 Å². The summed E-state index contributed by atoms with van der Waals surface area (Å²) in [6.45, 7) is 2.99. The van der Waals surface area contributed by atoms with Gasteiger partial charge in [0.15, 0.2) is 0 Å². The molecule has 31 heavy (non-hydrogen) atoms. The molecule has 0 bridgehead atoms. The number of benzene rings is 1. The first-order valence-electron chi connectivity index (χ1n) is 9.38. The molecule has 2 aromatic heterocycles. The lowest BCUT2D eigenvalue weighted by atomic mass is 10.3. The topological polar surface area (TPSA) is 78.4 Å². The van der Waals surface area contributed by atoms with Crippen molar-refractivity contribution in [1.82, 2.24) is 9.97 Å². The first-order chi connectivity index (χ1) is 14.8. The summed E-state index contributed by atoms with van der Waals surface area (Å²) >= 11 is 18.3. The van der Waals surface area contributed by atoms with Crippen molar-refractivity contribution >= 4 is 62.1 Å². The van der Waals surface area contributed by atoms with Gasteiger partial charge in [-0.15, -0.1) is 0 Å². The van der Waals surface area contributed by atoms with E-state index in [2.05, 4.69) is 24.5 Å². The highest BCUT2D eigenvalue weighted by Crippen LogP contribution is 2.30. The summed E-state index contributed by atoms with van der Waals surface area (Å²) in [5.74, 6) is 1.54. The molecule has 4 rings (SSSR count). The lowest BCUT2D eigenvalue weighted by Gasteiger charge is -2.36. The summed E-state index contributed by atoms with van der Waals surface area (Å²) in [7, 11) is -3.92. The van der Waals surface area contributed by atoms with Crippen LogP contribution in [-0.2, 0) is 10.0 Å². The number of halogens is 3. The zero-order chi connectivity index (χ0) is 22.0. The van der Waals surface area contributed by atoms with Crippen molar-refractivity contribution in [3.05, 3.63) is 69.9 Å². The van der Waals surface area contributed by atoms with Gasteiger partial charge in [0.1, 0.15) is 16.5 Å². The molecular formula is C20H18Cl3N5O2S. The molecule has 0 aliphatic carbocycles. The molecule has 1 aliphatic heterocycles. The van der Waals surface area contributed by atoms with Crippen LogP contribution in [-0.4, -0.2) is 44.6 Å². The van der Waals surface area contributed by atoms with Crippen molar-refractivity contribution in [2.24, 2.45) is 0 Å². The number of aromatic nitrogens is 2. The van der Waals surface area contributed by atoms with Gasteiger partial charge in [0.05, 0.1) is 21.9 Å². The minimum atomic E-state index is -3.92. The van der Waals surface area contributed by atoms with Gasteiger partial charge in [-0.3, -0.25) is 4.72 Å². The molecule has 0 spiro atoms. The molecule has 3 aromatic rings. The van der Waals surface area contributed by atoms with Gasteiger partial charge in [-0.25, -0.2) is 18.4 Å². The number of rotatable bonds is 5. The van der Waals surface area contributed by atoms with Crippen molar-refractivity contribution in [2.75, 3.05) is 40.7 Å². The lowest BCUT2D eigenvalue weighted by molar-refractivity contribution is 0.601. The predicted octanol–water partition coefficient (Wildman–Crippen LogP) is 4.56. The molecule has 0 amide bonds. The fourth-order valence-corrected chi connectivity index (χ4v) is 5.40. The zero-order valence-corrected chi connectivity index (χ0v) is 19.3. The molecule has 7 nitrogen and oxygen atoms in total. The van der Waals surface area contributed by atoms with Crippen LogP contribution in [0.3, 0.4) is 0 Å². The van der Waals surface area contributed by atoms with Crippen LogP contribution in [0, 0.1) is 0 Å². The first-order valence-corrected chi connectivity index (χ1v) is 12.0. The molecule has 0 unspecified atom stereocenters. The minimum absolute atomic E-state index is 0.0291. The summed E-state index contributed by atoms with van der Waals surface area (Å²) in [6.07, 6.45) is 3.21. The number of nitrogens with one attached hydrogen (secondary N) is 1. The van der Waals surface area contributed by atoms with E-state index in [1.165, 1.54) is 30.5 Å². The molecule has 0 atom stereocenters. The fraction of sp³-hybridized carbons (Fsp3) is 0.200. The maximum absolute atomic E-state index is 12.7. The van der Waals surface area contributed by atoms with Crippen LogP contribution in [0.15, 0.2) is 59.8 Å². The summed E-state index contributed by atoms with van der Waals surface area (Å²) in [5.41, 5.74) is 0.242. The molecule has 3 heterocycles. The number of sulfonamides is 1. The van der Waals surface area contributed by atoms with Gasteiger partial charge in [0.25, 0.3) is 10.0 Å². The van der Waals surface area contributed by atoms with Crippen LogP contribution in [0.2, 0.25) is 15.1 Å². The highest BCUT2D eigenvalue weighted by molar-refractivity contribution is 7.92. The van der Waals surface area contributed by atoms with E-state index in [0.29, 0.717) is 15.9 Å². The van der Waals surface area contributed by atoms with Crippen LogP contribution in [0.5, 0.6) is 0 Å². The molecule has 1 fully saturated rings. The second-order valence-corrected chi connectivity index (χ2v) is 9.77. The predicted molar refractivity (Wildman–Crippen MR) is 125 cm³/mol. The van der Waals surface area contributed by atoms with Gasteiger partial charge in [-0.2, -0.15) is 0 Å². The Kier molecular flexibility index (Phi) is 6.43. The van der Waals surface area contributed by atoms with E-state index >= 15 is 0 Å². The summed E-state index contributed by atoms with van der Waals surface area (Å²) in [4.78, 5) is 13.0. The molecule has 0 radical (unpaired) electrons. The Bertz CT molecular complexity index is 1190. The standard InChI is InChI=1S/C20H18Cl3N5O2S/c21-14-4-5-18(16(22)11-14)31(29,30)26-15-12-17(23)20(25-13-15)28-9-7-27(8-10-28)19-3-1-2-6-24-19/h1-6,11-13,26H,7-10H2. The maximum Gasteiger partial charge on any atom is 0.263 e. The third-order valence-electron chi connectivity index (χ3n) is 4.81. The van der Waals surface area contributed by atoms with Gasteiger partial charge in [-0.05, 0) is 36.4 Å². The van der Waals surface area contributed by atoms with E-state index in [0.717, 1.165) is 32.0 Å². The Morgan fingerprint density at radius 2 is 1.61 bits per heavy atom. The van der Waals surface area contributed by atoms with Gasteiger partial charge in [-0.1, -0.05) is 40.9 Å². The Labute approximate surface area is 195 Å². The van der Waals surface area contributed by atoms with Crippen molar-refractivity contribution < 1.29 is 8.42 Å². The van der Waals surface area contributed by atoms with Crippen molar-refractivity contribution in [1.29, 1.82) is 0 Å². The molecule has 1 aromatic carbocycles. The molecule has 1 aliphatic rings. The van der Waals surface area contributed by atoms with Crippen LogP contribution in [0.25, 0.3) is 0 Å². The minimum Gasteiger partial charge on any atom is -0.353 e.